The Morgan fingerprint density at radius 3 is 2.84 bits per heavy atom. The van der Waals surface area contributed by atoms with Crippen molar-refractivity contribution in [2.75, 3.05) is 37.7 Å². The van der Waals surface area contributed by atoms with Gasteiger partial charge in [-0.25, -0.2) is 9.37 Å². The standard InChI is InChI=1S/C23H29FN4O3/c1-16-20(22(30)26-23(25-16)27-10-12-31-13-11-27)7-8-21(29)28-9-3-6-19(28)15-17-4-2-5-18(24)14-17/h2,4-5,14,19H,3,6-13,15H2,1H3,(H,25,26,30)/t19-/m0/s1. The van der Waals surface area contributed by atoms with E-state index in [9.17, 15) is 14.0 Å². The van der Waals surface area contributed by atoms with Gasteiger partial charge in [0.2, 0.25) is 11.9 Å². The molecule has 8 heteroatoms. The number of hydrogen-bond donors (Lipinski definition) is 1. The van der Waals surface area contributed by atoms with Crippen molar-refractivity contribution >= 4 is 11.9 Å². The van der Waals surface area contributed by atoms with Gasteiger partial charge in [0.15, 0.2) is 0 Å². The van der Waals surface area contributed by atoms with E-state index >= 15 is 0 Å². The van der Waals surface area contributed by atoms with Crippen molar-refractivity contribution in [3.63, 3.8) is 0 Å². The molecule has 1 aromatic heterocycles. The molecule has 1 amide bonds. The van der Waals surface area contributed by atoms with Crippen molar-refractivity contribution in [3.05, 3.63) is 57.3 Å². The number of halogens is 1. The van der Waals surface area contributed by atoms with Gasteiger partial charge in [0.1, 0.15) is 5.82 Å². The number of aromatic nitrogens is 2. The van der Waals surface area contributed by atoms with Gasteiger partial charge in [-0.15, -0.1) is 0 Å². The van der Waals surface area contributed by atoms with E-state index in [2.05, 4.69) is 9.97 Å². The number of nitrogens with one attached hydrogen (secondary N) is 1. The first-order valence-corrected chi connectivity index (χ1v) is 11.0. The number of aryl methyl sites for hydroxylation is 1. The van der Waals surface area contributed by atoms with Crippen LogP contribution in [0.15, 0.2) is 29.1 Å². The number of anilines is 1. The summed E-state index contributed by atoms with van der Waals surface area (Å²) < 4.78 is 18.8. The Balaban J connectivity index is 1.39. The lowest BCUT2D eigenvalue weighted by atomic mass is 10.0. The highest BCUT2D eigenvalue weighted by Crippen LogP contribution is 2.23. The molecule has 4 rings (SSSR count). The van der Waals surface area contributed by atoms with Crippen LogP contribution in [0.4, 0.5) is 10.3 Å². The Labute approximate surface area is 181 Å². The molecule has 0 saturated carbocycles. The van der Waals surface area contributed by atoms with Gasteiger partial charge in [0, 0.05) is 43.4 Å². The number of morpholine rings is 1. The molecule has 2 fully saturated rings. The smallest absolute Gasteiger partial charge is 0.255 e. The van der Waals surface area contributed by atoms with Gasteiger partial charge in [0.25, 0.3) is 5.56 Å². The Morgan fingerprint density at radius 2 is 2.10 bits per heavy atom. The largest absolute Gasteiger partial charge is 0.378 e. The zero-order valence-corrected chi connectivity index (χ0v) is 17.9. The highest BCUT2D eigenvalue weighted by atomic mass is 19.1. The molecule has 0 aliphatic carbocycles. The SMILES string of the molecule is Cc1nc(N2CCOCC2)[nH]c(=O)c1CCC(=O)N1CCC[C@H]1Cc1cccc(F)c1. The molecular formula is C23H29FN4O3. The first kappa shape index (κ1) is 21.5. The van der Waals surface area contributed by atoms with Gasteiger partial charge in [0.05, 0.1) is 13.2 Å². The zero-order chi connectivity index (χ0) is 21.8. The van der Waals surface area contributed by atoms with Gasteiger partial charge < -0.3 is 14.5 Å². The fraction of sp³-hybridized carbons (Fsp3) is 0.522. The number of carbonyl (C=O) groups excluding carboxylic acids is 1. The quantitative estimate of drug-likeness (QED) is 0.763. The van der Waals surface area contributed by atoms with Crippen LogP contribution in [0.3, 0.4) is 0 Å². The van der Waals surface area contributed by atoms with E-state index in [1.807, 2.05) is 22.8 Å². The number of likely N-dealkylation sites (tertiary alicyclic amines) is 1. The summed E-state index contributed by atoms with van der Waals surface area (Å²) >= 11 is 0. The minimum atomic E-state index is -0.254. The van der Waals surface area contributed by atoms with Crippen LogP contribution in [0.2, 0.25) is 0 Å². The third kappa shape index (κ3) is 5.12. The summed E-state index contributed by atoms with van der Waals surface area (Å²) in [6.45, 7) is 5.16. The van der Waals surface area contributed by atoms with E-state index in [-0.39, 0.29) is 29.7 Å². The molecule has 0 radical (unpaired) electrons. The van der Waals surface area contributed by atoms with Crippen LogP contribution in [0.1, 0.15) is 36.1 Å². The number of nitrogens with zero attached hydrogens (tertiary/aromatic N) is 3. The second-order valence-corrected chi connectivity index (χ2v) is 8.27. The lowest BCUT2D eigenvalue weighted by Crippen LogP contribution is -2.39. The predicted octanol–water partition coefficient (Wildman–Crippen LogP) is 2.22. The Hall–Kier alpha value is -2.74. The molecule has 3 heterocycles. The van der Waals surface area contributed by atoms with E-state index in [0.29, 0.717) is 62.9 Å². The van der Waals surface area contributed by atoms with Crippen molar-refractivity contribution in [2.24, 2.45) is 0 Å². The van der Waals surface area contributed by atoms with Gasteiger partial charge in [-0.05, 0) is 50.3 Å². The number of H-pyrrole nitrogens is 1. The van der Waals surface area contributed by atoms with E-state index in [1.54, 1.807) is 6.07 Å². The summed E-state index contributed by atoms with van der Waals surface area (Å²) in [5.74, 6) is 0.349. The Kier molecular flexibility index (Phi) is 6.65. The fourth-order valence-electron chi connectivity index (χ4n) is 4.50. The molecule has 2 aliphatic rings. The van der Waals surface area contributed by atoms with Crippen molar-refractivity contribution in [1.29, 1.82) is 0 Å². The molecule has 0 bridgehead atoms. The lowest BCUT2D eigenvalue weighted by Gasteiger charge is -2.27. The second-order valence-electron chi connectivity index (χ2n) is 8.27. The molecule has 0 unspecified atom stereocenters. The molecule has 1 aromatic carbocycles. The van der Waals surface area contributed by atoms with Gasteiger partial charge in [-0.3, -0.25) is 14.6 Å². The minimum absolute atomic E-state index is 0.0370. The first-order chi connectivity index (χ1) is 15.0. The molecular weight excluding hydrogens is 399 g/mol. The van der Waals surface area contributed by atoms with Crippen LogP contribution in [0.5, 0.6) is 0 Å². The number of ether oxygens (including phenoxy) is 1. The number of carbonyl (C=O) groups is 1. The van der Waals surface area contributed by atoms with Crippen molar-refractivity contribution < 1.29 is 13.9 Å². The van der Waals surface area contributed by atoms with Crippen molar-refractivity contribution in [3.8, 4) is 0 Å². The van der Waals surface area contributed by atoms with Gasteiger partial charge in [-0.1, -0.05) is 12.1 Å². The van der Waals surface area contributed by atoms with E-state index in [4.69, 9.17) is 4.74 Å². The van der Waals surface area contributed by atoms with Crippen LogP contribution >= 0.6 is 0 Å². The lowest BCUT2D eigenvalue weighted by molar-refractivity contribution is -0.131. The fourth-order valence-corrected chi connectivity index (χ4v) is 4.50. The summed E-state index contributed by atoms with van der Waals surface area (Å²) in [6.07, 6.45) is 3.14. The molecule has 1 N–H and O–H groups in total. The van der Waals surface area contributed by atoms with Gasteiger partial charge >= 0.3 is 0 Å². The predicted molar refractivity (Wildman–Crippen MR) is 116 cm³/mol. The van der Waals surface area contributed by atoms with Crippen molar-refractivity contribution in [1.82, 2.24) is 14.9 Å². The van der Waals surface area contributed by atoms with Crippen LogP contribution in [0, 0.1) is 12.7 Å². The summed E-state index contributed by atoms with van der Waals surface area (Å²) in [4.78, 5) is 36.9. The number of aromatic amines is 1. The molecule has 2 aromatic rings. The molecule has 166 valence electrons. The summed E-state index contributed by atoms with van der Waals surface area (Å²) in [5, 5.41) is 0. The summed E-state index contributed by atoms with van der Waals surface area (Å²) in [7, 11) is 0. The average molecular weight is 429 g/mol. The van der Waals surface area contributed by atoms with E-state index in [1.165, 1.54) is 12.1 Å². The molecule has 2 aliphatic heterocycles. The highest BCUT2D eigenvalue weighted by Gasteiger charge is 2.29. The van der Waals surface area contributed by atoms with Crippen molar-refractivity contribution in [2.45, 2.75) is 45.1 Å². The third-order valence-electron chi connectivity index (χ3n) is 6.17. The molecule has 1 atom stereocenters. The normalized spacial score (nSPS) is 19.1. The number of amides is 1. The summed E-state index contributed by atoms with van der Waals surface area (Å²) in [6, 6.07) is 6.64. The van der Waals surface area contributed by atoms with Crippen LogP contribution < -0.4 is 10.5 Å². The molecule has 7 nitrogen and oxygen atoms in total. The monoisotopic (exact) mass is 428 g/mol. The average Bonchev–Trinajstić information content (AvgIpc) is 3.21. The Bertz CT molecular complexity index is 987. The molecule has 31 heavy (non-hydrogen) atoms. The molecule has 0 spiro atoms. The maximum atomic E-state index is 13.5. The number of rotatable bonds is 6. The Morgan fingerprint density at radius 1 is 1.29 bits per heavy atom. The second kappa shape index (κ2) is 9.60. The van der Waals surface area contributed by atoms with E-state index < -0.39 is 0 Å². The minimum Gasteiger partial charge on any atom is -0.378 e. The maximum absolute atomic E-state index is 13.5. The number of hydrogen-bond acceptors (Lipinski definition) is 5. The molecule has 2 saturated heterocycles. The maximum Gasteiger partial charge on any atom is 0.255 e. The van der Waals surface area contributed by atoms with E-state index in [0.717, 1.165) is 18.4 Å². The van der Waals surface area contributed by atoms with Gasteiger partial charge in [-0.2, -0.15) is 0 Å². The zero-order valence-electron chi connectivity index (χ0n) is 17.9. The highest BCUT2D eigenvalue weighted by molar-refractivity contribution is 5.77. The number of benzene rings is 1. The third-order valence-corrected chi connectivity index (χ3v) is 6.17. The summed E-state index contributed by atoms with van der Waals surface area (Å²) in [5.41, 5.74) is 1.95. The first-order valence-electron chi connectivity index (χ1n) is 11.0. The van der Waals surface area contributed by atoms with Crippen LogP contribution in [-0.4, -0.2) is 59.7 Å². The van der Waals surface area contributed by atoms with Crippen LogP contribution in [-0.2, 0) is 22.4 Å². The topological polar surface area (TPSA) is 78.5 Å². The van der Waals surface area contributed by atoms with Crippen LogP contribution in [0.25, 0.3) is 0 Å².